The lowest BCUT2D eigenvalue weighted by atomic mass is 10.2. The highest BCUT2D eigenvalue weighted by Gasteiger charge is 2.09. The summed E-state index contributed by atoms with van der Waals surface area (Å²) in [6.07, 6.45) is 0.380. The van der Waals surface area contributed by atoms with Crippen LogP contribution in [0.3, 0.4) is 0 Å². The van der Waals surface area contributed by atoms with Crippen molar-refractivity contribution in [3.63, 3.8) is 0 Å². The Labute approximate surface area is 116 Å². The van der Waals surface area contributed by atoms with Crippen molar-refractivity contribution in [3.05, 3.63) is 28.5 Å². The summed E-state index contributed by atoms with van der Waals surface area (Å²) < 4.78 is 2.42. The van der Waals surface area contributed by atoms with Crippen molar-refractivity contribution in [2.75, 3.05) is 14.1 Å². The van der Waals surface area contributed by atoms with Gasteiger partial charge in [0.2, 0.25) is 5.91 Å². The number of nitrogens with zero attached hydrogens (tertiary/aromatic N) is 3. The van der Waals surface area contributed by atoms with Gasteiger partial charge in [0.1, 0.15) is 0 Å². The summed E-state index contributed by atoms with van der Waals surface area (Å²) in [6, 6.07) is 7.45. The SMILES string of the molecule is CN(C)C(=O)CCn1c(=S)[nH]c2ccc(C#N)cc21. The predicted molar refractivity (Wildman–Crippen MR) is 75.1 cm³/mol. The molecule has 0 aliphatic heterocycles. The highest BCUT2D eigenvalue weighted by atomic mass is 32.1. The molecule has 0 bridgehead atoms. The number of rotatable bonds is 3. The number of fused-ring (bicyclic) bond motifs is 1. The van der Waals surface area contributed by atoms with E-state index >= 15 is 0 Å². The Hall–Kier alpha value is -2.13. The number of hydrogen-bond acceptors (Lipinski definition) is 3. The molecule has 1 aromatic carbocycles. The molecule has 1 heterocycles. The lowest BCUT2D eigenvalue weighted by molar-refractivity contribution is -0.128. The molecule has 2 rings (SSSR count). The second-order valence-electron chi connectivity index (χ2n) is 4.46. The van der Waals surface area contributed by atoms with Crippen LogP contribution in [0, 0.1) is 16.1 Å². The Morgan fingerprint density at radius 2 is 2.26 bits per heavy atom. The number of H-pyrrole nitrogens is 1. The van der Waals surface area contributed by atoms with E-state index in [4.69, 9.17) is 17.5 Å². The molecular weight excluding hydrogens is 260 g/mol. The summed E-state index contributed by atoms with van der Waals surface area (Å²) in [5.74, 6) is 0.0488. The summed E-state index contributed by atoms with van der Waals surface area (Å²) in [4.78, 5) is 16.3. The van der Waals surface area contributed by atoms with Gasteiger partial charge in [0.05, 0.1) is 22.7 Å². The number of carbonyl (C=O) groups excluding carboxylic acids is 1. The molecule has 0 spiro atoms. The molecule has 0 atom stereocenters. The molecule has 5 nitrogen and oxygen atoms in total. The summed E-state index contributed by atoms with van der Waals surface area (Å²) in [6.45, 7) is 0.505. The van der Waals surface area contributed by atoms with Gasteiger partial charge in [-0.1, -0.05) is 0 Å². The van der Waals surface area contributed by atoms with Crippen LogP contribution in [-0.4, -0.2) is 34.5 Å². The van der Waals surface area contributed by atoms with Crippen LogP contribution < -0.4 is 0 Å². The fourth-order valence-corrected chi connectivity index (χ4v) is 2.17. The third kappa shape index (κ3) is 2.66. The van der Waals surface area contributed by atoms with Crippen LogP contribution in [0.15, 0.2) is 18.2 Å². The molecule has 1 amide bonds. The largest absolute Gasteiger partial charge is 0.349 e. The minimum Gasteiger partial charge on any atom is -0.349 e. The van der Waals surface area contributed by atoms with E-state index in [-0.39, 0.29) is 5.91 Å². The van der Waals surface area contributed by atoms with Crippen molar-refractivity contribution in [2.24, 2.45) is 0 Å². The zero-order chi connectivity index (χ0) is 14.0. The van der Waals surface area contributed by atoms with E-state index in [2.05, 4.69) is 11.1 Å². The number of nitrogens with one attached hydrogen (secondary N) is 1. The minimum absolute atomic E-state index is 0.0488. The molecule has 0 saturated heterocycles. The average Bonchev–Trinajstić information content (AvgIpc) is 2.70. The summed E-state index contributed by atoms with van der Waals surface area (Å²) in [5, 5.41) is 8.93. The Balaban J connectivity index is 2.37. The number of nitriles is 1. The zero-order valence-corrected chi connectivity index (χ0v) is 11.6. The Morgan fingerprint density at radius 1 is 1.53 bits per heavy atom. The van der Waals surface area contributed by atoms with Crippen molar-refractivity contribution in [1.82, 2.24) is 14.5 Å². The molecule has 0 radical (unpaired) electrons. The van der Waals surface area contributed by atoms with Gasteiger partial charge in [-0.2, -0.15) is 5.26 Å². The van der Waals surface area contributed by atoms with Gasteiger partial charge in [-0.15, -0.1) is 0 Å². The summed E-state index contributed by atoms with van der Waals surface area (Å²) in [7, 11) is 3.45. The van der Waals surface area contributed by atoms with Gasteiger partial charge >= 0.3 is 0 Å². The molecule has 19 heavy (non-hydrogen) atoms. The van der Waals surface area contributed by atoms with E-state index in [1.165, 1.54) is 0 Å². The maximum Gasteiger partial charge on any atom is 0.223 e. The number of aromatic amines is 1. The smallest absolute Gasteiger partial charge is 0.223 e. The highest BCUT2D eigenvalue weighted by molar-refractivity contribution is 7.71. The van der Waals surface area contributed by atoms with Crippen LogP contribution in [0.5, 0.6) is 0 Å². The van der Waals surface area contributed by atoms with Crippen molar-refractivity contribution in [1.29, 1.82) is 5.26 Å². The number of imidazole rings is 1. The average molecular weight is 274 g/mol. The van der Waals surface area contributed by atoms with Crippen molar-refractivity contribution in [3.8, 4) is 6.07 Å². The van der Waals surface area contributed by atoms with Gasteiger partial charge in [-0.05, 0) is 30.4 Å². The first-order valence-corrected chi connectivity index (χ1v) is 6.26. The topological polar surface area (TPSA) is 64.8 Å². The number of aryl methyl sites for hydroxylation is 1. The fourth-order valence-electron chi connectivity index (χ4n) is 1.88. The number of carbonyl (C=O) groups is 1. The quantitative estimate of drug-likeness (QED) is 0.871. The molecule has 0 fully saturated rings. The number of hydrogen-bond donors (Lipinski definition) is 1. The van der Waals surface area contributed by atoms with E-state index in [0.29, 0.717) is 23.3 Å². The molecule has 98 valence electrons. The van der Waals surface area contributed by atoms with Crippen LogP contribution in [0.1, 0.15) is 12.0 Å². The summed E-state index contributed by atoms with van der Waals surface area (Å²) >= 11 is 5.25. The Kier molecular flexibility index (Phi) is 3.67. The fraction of sp³-hybridized carbons (Fsp3) is 0.308. The van der Waals surface area contributed by atoms with Crippen LogP contribution in [0.2, 0.25) is 0 Å². The second-order valence-corrected chi connectivity index (χ2v) is 4.85. The first-order valence-electron chi connectivity index (χ1n) is 5.85. The van der Waals surface area contributed by atoms with E-state index in [1.807, 2.05) is 10.6 Å². The van der Waals surface area contributed by atoms with Gasteiger partial charge in [-0.25, -0.2) is 0 Å². The maximum absolute atomic E-state index is 11.6. The first kappa shape index (κ1) is 13.3. The van der Waals surface area contributed by atoms with Crippen LogP contribution in [-0.2, 0) is 11.3 Å². The minimum atomic E-state index is 0.0488. The third-order valence-corrected chi connectivity index (χ3v) is 3.27. The number of benzene rings is 1. The van der Waals surface area contributed by atoms with E-state index < -0.39 is 0 Å². The van der Waals surface area contributed by atoms with Crippen LogP contribution in [0.4, 0.5) is 0 Å². The summed E-state index contributed by atoms with van der Waals surface area (Å²) in [5.41, 5.74) is 2.31. The van der Waals surface area contributed by atoms with Crippen molar-refractivity contribution < 1.29 is 4.79 Å². The molecule has 6 heteroatoms. The Bertz CT molecular complexity index is 720. The normalized spacial score (nSPS) is 10.4. The molecule has 0 unspecified atom stereocenters. The lowest BCUT2D eigenvalue weighted by Crippen LogP contribution is -2.22. The van der Waals surface area contributed by atoms with Crippen LogP contribution in [0.25, 0.3) is 11.0 Å². The van der Waals surface area contributed by atoms with E-state index in [1.54, 1.807) is 31.1 Å². The monoisotopic (exact) mass is 274 g/mol. The molecule has 2 aromatic rings. The lowest BCUT2D eigenvalue weighted by Gasteiger charge is -2.10. The first-order chi connectivity index (χ1) is 9.02. The standard InChI is InChI=1S/C13H14N4OS/c1-16(2)12(18)5-6-17-11-7-9(8-14)3-4-10(11)15-13(17)19/h3-4,7H,5-6H2,1-2H3,(H,15,19). The van der Waals surface area contributed by atoms with Gasteiger partial charge in [0.25, 0.3) is 0 Å². The van der Waals surface area contributed by atoms with Crippen molar-refractivity contribution in [2.45, 2.75) is 13.0 Å². The second kappa shape index (κ2) is 5.24. The molecule has 0 saturated carbocycles. The third-order valence-electron chi connectivity index (χ3n) is 2.95. The molecule has 0 aliphatic carbocycles. The number of amides is 1. The van der Waals surface area contributed by atoms with Gasteiger partial charge in [-0.3, -0.25) is 4.79 Å². The van der Waals surface area contributed by atoms with Gasteiger partial charge < -0.3 is 14.5 Å². The van der Waals surface area contributed by atoms with E-state index in [9.17, 15) is 4.79 Å². The highest BCUT2D eigenvalue weighted by Crippen LogP contribution is 2.16. The number of aromatic nitrogens is 2. The Morgan fingerprint density at radius 3 is 2.89 bits per heavy atom. The molecule has 1 aromatic heterocycles. The van der Waals surface area contributed by atoms with E-state index in [0.717, 1.165) is 11.0 Å². The van der Waals surface area contributed by atoms with Crippen LogP contribution >= 0.6 is 12.2 Å². The van der Waals surface area contributed by atoms with Crippen molar-refractivity contribution >= 4 is 29.2 Å². The molecular formula is C13H14N4OS. The van der Waals surface area contributed by atoms with Gasteiger partial charge in [0, 0.05) is 27.1 Å². The zero-order valence-electron chi connectivity index (χ0n) is 10.8. The molecule has 0 aliphatic rings. The predicted octanol–water partition coefficient (Wildman–Crippen LogP) is 2.05. The maximum atomic E-state index is 11.6. The van der Waals surface area contributed by atoms with Gasteiger partial charge in [0.15, 0.2) is 4.77 Å². The molecule has 1 N–H and O–H groups in total.